The smallest absolute Gasteiger partial charge is 0.159 e. The summed E-state index contributed by atoms with van der Waals surface area (Å²) in [5, 5.41) is 9.98. The molecule has 0 amide bonds. The van der Waals surface area contributed by atoms with Crippen molar-refractivity contribution < 1.29 is 0 Å². The molecule has 3 heteroatoms. The Bertz CT molecular complexity index is 971. The Kier molecular flexibility index (Phi) is 11.2. The first-order valence-electron chi connectivity index (χ1n) is 16.0. The molecule has 2 aromatic rings. The van der Waals surface area contributed by atoms with Crippen LogP contribution in [0.1, 0.15) is 152 Å². The summed E-state index contributed by atoms with van der Waals surface area (Å²) >= 11 is 0. The fraction of sp³-hybridized carbons (Fsp3) is 0.686. The molecule has 0 atom stereocenters. The van der Waals surface area contributed by atoms with Crippen LogP contribution in [0, 0.1) is 22.7 Å². The Morgan fingerprint density at radius 2 is 1.34 bits per heavy atom. The highest BCUT2D eigenvalue weighted by atomic mass is 14.9. The summed E-state index contributed by atoms with van der Waals surface area (Å²) in [5.41, 5.74) is 3.76. The quantitative estimate of drug-likeness (QED) is 0.250. The first kappa shape index (κ1) is 28.8. The zero-order valence-corrected chi connectivity index (χ0v) is 24.3. The number of aromatic nitrogens is 2. The monoisotopic (exact) mass is 513 g/mol. The van der Waals surface area contributed by atoms with Crippen molar-refractivity contribution in [2.24, 2.45) is 11.3 Å². The standard InChI is InChI=1S/C35H51N3/c1-3-5-7-8-9-10-22-35(27-36)23-20-31(21-24-35)29-16-18-32(19-17-29)34-37-25-33(26-38-34)30-14-12-28(13-15-30)11-6-4-2/h16-19,25-26,28,30-31H,3-15,20-24H2,1-2H3/t28-,30-,31-,35-. The minimum atomic E-state index is -0.0778. The van der Waals surface area contributed by atoms with Crippen LogP contribution in [0.4, 0.5) is 0 Å². The first-order valence-corrected chi connectivity index (χ1v) is 16.0. The summed E-state index contributed by atoms with van der Waals surface area (Å²) in [4.78, 5) is 9.54. The van der Waals surface area contributed by atoms with Crippen LogP contribution in [0.15, 0.2) is 36.7 Å². The van der Waals surface area contributed by atoms with Gasteiger partial charge >= 0.3 is 0 Å². The molecule has 38 heavy (non-hydrogen) atoms. The third kappa shape index (κ3) is 7.91. The molecule has 0 N–H and O–H groups in total. The molecule has 0 bridgehead atoms. The van der Waals surface area contributed by atoms with Crippen LogP contribution in [0.3, 0.4) is 0 Å². The lowest BCUT2D eigenvalue weighted by Gasteiger charge is -2.35. The van der Waals surface area contributed by atoms with Crippen LogP contribution < -0.4 is 0 Å². The molecule has 2 aliphatic carbocycles. The highest BCUT2D eigenvalue weighted by Gasteiger charge is 2.35. The zero-order chi connectivity index (χ0) is 26.6. The summed E-state index contributed by atoms with van der Waals surface area (Å²) in [6.07, 6.45) is 26.9. The van der Waals surface area contributed by atoms with Gasteiger partial charge in [-0.1, -0.05) is 95.9 Å². The highest BCUT2D eigenvalue weighted by Crippen LogP contribution is 2.46. The molecule has 0 unspecified atom stereocenters. The number of hydrogen-bond acceptors (Lipinski definition) is 3. The average molecular weight is 514 g/mol. The molecule has 206 valence electrons. The van der Waals surface area contributed by atoms with Crippen LogP contribution in [-0.2, 0) is 0 Å². The molecule has 0 saturated heterocycles. The summed E-state index contributed by atoms with van der Waals surface area (Å²) in [7, 11) is 0. The Hall–Kier alpha value is -2.21. The molecule has 0 radical (unpaired) electrons. The molecule has 1 aromatic carbocycles. The summed E-state index contributed by atoms with van der Waals surface area (Å²) in [6.45, 7) is 4.56. The van der Waals surface area contributed by atoms with Gasteiger partial charge in [-0.2, -0.15) is 5.26 Å². The molecule has 2 fully saturated rings. The van der Waals surface area contributed by atoms with Gasteiger partial charge in [0.05, 0.1) is 11.5 Å². The van der Waals surface area contributed by atoms with E-state index in [-0.39, 0.29) is 5.41 Å². The molecule has 4 rings (SSSR count). The summed E-state index contributed by atoms with van der Waals surface area (Å²) < 4.78 is 0. The molecule has 2 aliphatic rings. The Morgan fingerprint density at radius 1 is 0.737 bits per heavy atom. The van der Waals surface area contributed by atoms with Crippen LogP contribution in [0.25, 0.3) is 11.4 Å². The second kappa shape index (κ2) is 14.8. The zero-order valence-electron chi connectivity index (χ0n) is 24.3. The van der Waals surface area contributed by atoms with Crippen LogP contribution in [-0.4, -0.2) is 9.97 Å². The van der Waals surface area contributed by atoms with Gasteiger partial charge < -0.3 is 0 Å². The van der Waals surface area contributed by atoms with E-state index in [0.717, 1.165) is 49.4 Å². The maximum Gasteiger partial charge on any atom is 0.159 e. The van der Waals surface area contributed by atoms with E-state index >= 15 is 0 Å². The molecular weight excluding hydrogens is 462 g/mol. The highest BCUT2D eigenvalue weighted by molar-refractivity contribution is 5.55. The van der Waals surface area contributed by atoms with Gasteiger partial charge in [-0.25, -0.2) is 9.97 Å². The maximum atomic E-state index is 9.98. The lowest BCUT2D eigenvalue weighted by molar-refractivity contribution is 0.223. The Labute approximate surface area is 232 Å². The predicted molar refractivity (Wildman–Crippen MR) is 159 cm³/mol. The SMILES string of the molecule is CCCCCCCC[C@]1(C#N)CC[C@H](c2ccc(-c3ncc([C@H]4CC[C@H](CCCC)CC4)cn3)cc2)CC1. The molecule has 2 saturated carbocycles. The van der Waals surface area contributed by atoms with Crippen molar-refractivity contribution in [3.05, 3.63) is 47.8 Å². The Morgan fingerprint density at radius 3 is 1.97 bits per heavy atom. The van der Waals surface area contributed by atoms with E-state index in [0.29, 0.717) is 11.8 Å². The summed E-state index contributed by atoms with van der Waals surface area (Å²) in [5.74, 6) is 2.98. The van der Waals surface area contributed by atoms with Crippen molar-refractivity contribution in [3.8, 4) is 17.5 Å². The third-order valence-corrected chi connectivity index (χ3v) is 9.78. The van der Waals surface area contributed by atoms with Gasteiger partial charge in [-0.15, -0.1) is 0 Å². The average Bonchev–Trinajstić information content (AvgIpc) is 2.99. The minimum Gasteiger partial charge on any atom is -0.236 e. The number of benzene rings is 1. The van der Waals surface area contributed by atoms with E-state index < -0.39 is 0 Å². The van der Waals surface area contributed by atoms with E-state index in [9.17, 15) is 5.26 Å². The van der Waals surface area contributed by atoms with E-state index in [1.807, 2.05) is 0 Å². The van der Waals surface area contributed by atoms with Crippen LogP contribution in [0.5, 0.6) is 0 Å². The fourth-order valence-electron chi connectivity index (χ4n) is 7.04. The first-order chi connectivity index (χ1) is 18.7. The van der Waals surface area contributed by atoms with Gasteiger partial charge in [0.1, 0.15) is 0 Å². The van der Waals surface area contributed by atoms with Gasteiger partial charge in [0.15, 0.2) is 5.82 Å². The fourth-order valence-corrected chi connectivity index (χ4v) is 7.04. The van der Waals surface area contributed by atoms with Gasteiger partial charge in [-0.3, -0.25) is 0 Å². The number of hydrogen-bond donors (Lipinski definition) is 0. The van der Waals surface area contributed by atoms with E-state index in [2.05, 4.69) is 56.6 Å². The van der Waals surface area contributed by atoms with Gasteiger partial charge in [0.25, 0.3) is 0 Å². The lowest BCUT2D eigenvalue weighted by atomic mass is 9.67. The lowest BCUT2D eigenvalue weighted by Crippen LogP contribution is -2.25. The minimum absolute atomic E-state index is 0.0778. The van der Waals surface area contributed by atoms with E-state index in [1.54, 1.807) is 0 Å². The number of nitrogens with zero attached hydrogens (tertiary/aromatic N) is 3. The number of unbranched alkanes of at least 4 members (excludes halogenated alkanes) is 6. The largest absolute Gasteiger partial charge is 0.236 e. The van der Waals surface area contributed by atoms with Gasteiger partial charge in [0, 0.05) is 18.0 Å². The predicted octanol–water partition coefficient (Wildman–Crippen LogP) is 10.5. The van der Waals surface area contributed by atoms with E-state index in [4.69, 9.17) is 9.97 Å². The van der Waals surface area contributed by atoms with Gasteiger partial charge in [-0.05, 0) is 86.7 Å². The van der Waals surface area contributed by atoms with Crippen molar-refractivity contribution >= 4 is 0 Å². The van der Waals surface area contributed by atoms with Crippen molar-refractivity contribution in [1.29, 1.82) is 5.26 Å². The third-order valence-electron chi connectivity index (χ3n) is 9.78. The molecule has 0 spiro atoms. The van der Waals surface area contributed by atoms with Crippen molar-refractivity contribution in [2.45, 2.75) is 141 Å². The van der Waals surface area contributed by atoms with Gasteiger partial charge in [0.2, 0.25) is 0 Å². The van der Waals surface area contributed by atoms with Crippen molar-refractivity contribution in [2.75, 3.05) is 0 Å². The summed E-state index contributed by atoms with van der Waals surface area (Å²) in [6, 6.07) is 11.7. The maximum absolute atomic E-state index is 9.98. The van der Waals surface area contributed by atoms with Crippen molar-refractivity contribution in [1.82, 2.24) is 9.97 Å². The second-order valence-corrected chi connectivity index (χ2v) is 12.5. The topological polar surface area (TPSA) is 49.6 Å². The number of nitriles is 1. The van der Waals surface area contributed by atoms with E-state index in [1.165, 1.54) is 94.6 Å². The molecule has 0 aliphatic heterocycles. The molecule has 3 nitrogen and oxygen atoms in total. The van der Waals surface area contributed by atoms with Crippen LogP contribution in [0.2, 0.25) is 0 Å². The molecular formula is C35H51N3. The second-order valence-electron chi connectivity index (χ2n) is 12.5. The Balaban J connectivity index is 1.25. The molecule has 1 aromatic heterocycles. The van der Waals surface area contributed by atoms with Crippen LogP contribution >= 0.6 is 0 Å². The molecule has 1 heterocycles. The number of rotatable bonds is 13. The van der Waals surface area contributed by atoms with Crippen molar-refractivity contribution in [3.63, 3.8) is 0 Å². The normalized spacial score (nSPS) is 25.7.